The van der Waals surface area contributed by atoms with Crippen LogP contribution in [0.2, 0.25) is 5.02 Å². The molecule has 0 radical (unpaired) electrons. The molecular weight excluding hydrogens is 284 g/mol. The predicted octanol–water partition coefficient (Wildman–Crippen LogP) is 4.14. The number of carbonyl (C=O) groups is 1. The normalized spacial score (nSPS) is 12.4. The Morgan fingerprint density at radius 2 is 1.86 bits per heavy atom. The monoisotopic (exact) mass is 294 g/mol. The number of ketones is 1. The lowest BCUT2D eigenvalue weighted by Crippen LogP contribution is -2.03. The van der Waals surface area contributed by atoms with Gasteiger partial charge in [0, 0.05) is 28.6 Å². The molecule has 1 aliphatic rings. The van der Waals surface area contributed by atoms with Crippen molar-refractivity contribution in [1.29, 1.82) is 0 Å². The number of aromatic nitrogens is 1. The molecule has 1 N–H and O–H groups in total. The van der Waals surface area contributed by atoms with Crippen LogP contribution >= 0.6 is 11.6 Å². The summed E-state index contributed by atoms with van der Waals surface area (Å²) in [5, 5.41) is 4.64. The molecule has 0 bridgehead atoms. The van der Waals surface area contributed by atoms with Crippen LogP contribution < -0.4 is 5.32 Å². The van der Waals surface area contributed by atoms with E-state index in [1.54, 1.807) is 0 Å². The third-order valence-corrected chi connectivity index (χ3v) is 4.09. The number of hydrogen-bond donors (Lipinski definition) is 1. The minimum Gasteiger partial charge on any atom is -0.387 e. The topological polar surface area (TPSA) is 42.0 Å². The quantitative estimate of drug-likeness (QED) is 0.573. The van der Waals surface area contributed by atoms with Crippen molar-refractivity contribution in [3.63, 3.8) is 0 Å². The molecule has 2 aromatic carbocycles. The van der Waals surface area contributed by atoms with Crippen LogP contribution in [-0.2, 0) is 0 Å². The molecule has 0 aliphatic heterocycles. The zero-order valence-electron chi connectivity index (χ0n) is 11.3. The first-order valence-corrected chi connectivity index (χ1v) is 7.03. The zero-order chi connectivity index (χ0) is 14.6. The minimum atomic E-state index is 0.0133. The zero-order valence-corrected chi connectivity index (χ0v) is 12.0. The predicted molar refractivity (Wildman–Crippen MR) is 85.2 cm³/mol. The van der Waals surface area contributed by atoms with Gasteiger partial charge in [0.25, 0.3) is 0 Å². The van der Waals surface area contributed by atoms with Gasteiger partial charge >= 0.3 is 0 Å². The standard InChI is InChI=1S/C17H11ClN2O/c1-19-15-12-8-9(18)6-7-13(12)20-16-10-4-2-3-5-11(10)17(21)14(15)16/h2-8H,1H3,(H,19,20). The Kier molecular flexibility index (Phi) is 2.53. The van der Waals surface area contributed by atoms with Crippen molar-refractivity contribution in [3.8, 4) is 11.3 Å². The Balaban J connectivity index is 2.17. The SMILES string of the molecule is CNc1c2c(nc3ccc(Cl)cc13)-c1ccccc1C2=O. The third kappa shape index (κ3) is 1.61. The lowest BCUT2D eigenvalue weighted by Gasteiger charge is -2.11. The molecule has 3 nitrogen and oxygen atoms in total. The highest BCUT2D eigenvalue weighted by atomic mass is 35.5. The van der Waals surface area contributed by atoms with Crippen molar-refractivity contribution in [1.82, 2.24) is 4.98 Å². The lowest BCUT2D eigenvalue weighted by atomic mass is 10.1. The molecule has 0 atom stereocenters. The van der Waals surface area contributed by atoms with Gasteiger partial charge in [-0.25, -0.2) is 4.98 Å². The van der Waals surface area contributed by atoms with Crippen LogP contribution in [0.15, 0.2) is 42.5 Å². The second kappa shape index (κ2) is 4.30. The fraction of sp³-hybridized carbons (Fsp3) is 0.0588. The highest BCUT2D eigenvalue weighted by molar-refractivity contribution is 6.32. The number of carbonyl (C=O) groups excluding carboxylic acids is 1. The Morgan fingerprint density at radius 3 is 2.62 bits per heavy atom. The number of benzene rings is 2. The molecule has 0 amide bonds. The molecule has 0 spiro atoms. The van der Waals surface area contributed by atoms with E-state index in [2.05, 4.69) is 10.3 Å². The van der Waals surface area contributed by atoms with Crippen LogP contribution in [0.4, 0.5) is 5.69 Å². The molecule has 0 unspecified atom stereocenters. The maximum absolute atomic E-state index is 12.7. The van der Waals surface area contributed by atoms with Gasteiger partial charge in [-0.3, -0.25) is 4.79 Å². The van der Waals surface area contributed by atoms with Crippen LogP contribution in [0.1, 0.15) is 15.9 Å². The largest absolute Gasteiger partial charge is 0.387 e. The molecule has 0 saturated carbocycles. The first kappa shape index (κ1) is 12.4. The maximum Gasteiger partial charge on any atom is 0.198 e. The first-order valence-electron chi connectivity index (χ1n) is 6.66. The van der Waals surface area contributed by atoms with Crippen LogP contribution in [0.25, 0.3) is 22.2 Å². The van der Waals surface area contributed by atoms with Crippen LogP contribution in [0.5, 0.6) is 0 Å². The summed E-state index contributed by atoms with van der Waals surface area (Å²) in [4.78, 5) is 17.4. The number of anilines is 1. The number of nitrogens with one attached hydrogen (secondary N) is 1. The summed E-state index contributed by atoms with van der Waals surface area (Å²) in [7, 11) is 1.81. The van der Waals surface area contributed by atoms with Gasteiger partial charge in [-0.15, -0.1) is 0 Å². The summed E-state index contributed by atoms with van der Waals surface area (Å²) in [6.07, 6.45) is 0. The van der Waals surface area contributed by atoms with E-state index < -0.39 is 0 Å². The van der Waals surface area contributed by atoms with Crippen molar-refractivity contribution >= 4 is 34.0 Å². The molecule has 1 aliphatic carbocycles. The molecule has 1 heterocycles. The van der Waals surface area contributed by atoms with Crippen LogP contribution in [0, 0.1) is 0 Å². The third-order valence-electron chi connectivity index (χ3n) is 3.85. The van der Waals surface area contributed by atoms with E-state index in [-0.39, 0.29) is 5.78 Å². The first-order chi connectivity index (χ1) is 10.2. The van der Waals surface area contributed by atoms with Crippen LogP contribution in [-0.4, -0.2) is 17.8 Å². The molecule has 4 rings (SSSR count). The minimum absolute atomic E-state index is 0.0133. The van der Waals surface area contributed by atoms with Crippen molar-refractivity contribution < 1.29 is 4.79 Å². The highest BCUT2D eigenvalue weighted by Crippen LogP contribution is 2.42. The molecule has 102 valence electrons. The van der Waals surface area contributed by atoms with E-state index in [0.29, 0.717) is 16.1 Å². The lowest BCUT2D eigenvalue weighted by molar-refractivity contribution is 0.104. The van der Waals surface area contributed by atoms with Gasteiger partial charge in [0.05, 0.1) is 22.5 Å². The summed E-state index contributed by atoms with van der Waals surface area (Å²) < 4.78 is 0. The maximum atomic E-state index is 12.7. The number of hydrogen-bond acceptors (Lipinski definition) is 3. The molecule has 1 aromatic heterocycles. The van der Waals surface area contributed by atoms with Crippen LogP contribution in [0.3, 0.4) is 0 Å². The molecule has 0 fully saturated rings. The van der Waals surface area contributed by atoms with E-state index in [4.69, 9.17) is 11.6 Å². The molecular formula is C17H11ClN2O. The summed E-state index contributed by atoms with van der Waals surface area (Å²) in [5.41, 5.74) is 4.60. The highest BCUT2D eigenvalue weighted by Gasteiger charge is 2.31. The van der Waals surface area contributed by atoms with Crippen molar-refractivity contribution in [2.24, 2.45) is 0 Å². The summed E-state index contributed by atoms with van der Waals surface area (Å²) in [6, 6.07) is 13.1. The molecule has 4 heteroatoms. The molecule has 0 saturated heterocycles. The fourth-order valence-electron chi connectivity index (χ4n) is 2.93. The Morgan fingerprint density at radius 1 is 1.10 bits per heavy atom. The van der Waals surface area contributed by atoms with Gasteiger partial charge in [0.15, 0.2) is 5.78 Å². The van der Waals surface area contributed by atoms with Gasteiger partial charge in [-0.05, 0) is 18.2 Å². The smallest absolute Gasteiger partial charge is 0.198 e. The van der Waals surface area contributed by atoms with Gasteiger partial charge < -0.3 is 5.32 Å². The Labute approximate surface area is 126 Å². The second-order valence-corrected chi connectivity index (χ2v) is 5.43. The summed E-state index contributed by atoms with van der Waals surface area (Å²) >= 11 is 6.08. The average molecular weight is 295 g/mol. The Bertz CT molecular complexity index is 918. The van der Waals surface area contributed by atoms with Gasteiger partial charge in [0.1, 0.15) is 0 Å². The van der Waals surface area contributed by atoms with Gasteiger partial charge in [0.2, 0.25) is 0 Å². The fourth-order valence-corrected chi connectivity index (χ4v) is 3.11. The van der Waals surface area contributed by atoms with E-state index in [1.165, 1.54) is 0 Å². The number of fused-ring (bicyclic) bond motifs is 4. The van der Waals surface area contributed by atoms with Gasteiger partial charge in [-0.1, -0.05) is 35.9 Å². The van der Waals surface area contributed by atoms with Gasteiger partial charge in [-0.2, -0.15) is 0 Å². The van der Waals surface area contributed by atoms with E-state index in [0.717, 1.165) is 27.8 Å². The van der Waals surface area contributed by atoms with Crippen molar-refractivity contribution in [3.05, 3.63) is 58.6 Å². The van der Waals surface area contributed by atoms with Crippen molar-refractivity contribution in [2.75, 3.05) is 12.4 Å². The second-order valence-electron chi connectivity index (χ2n) is 5.00. The number of halogens is 1. The van der Waals surface area contributed by atoms with E-state index in [9.17, 15) is 4.79 Å². The summed E-state index contributed by atoms with van der Waals surface area (Å²) in [6.45, 7) is 0. The Hall–Kier alpha value is -2.39. The summed E-state index contributed by atoms with van der Waals surface area (Å²) in [5.74, 6) is 0.0133. The number of nitrogens with zero attached hydrogens (tertiary/aromatic N) is 1. The molecule has 3 aromatic rings. The van der Waals surface area contributed by atoms with E-state index in [1.807, 2.05) is 49.5 Å². The number of pyridine rings is 1. The average Bonchev–Trinajstić information content (AvgIpc) is 2.79. The van der Waals surface area contributed by atoms with E-state index >= 15 is 0 Å². The molecule has 21 heavy (non-hydrogen) atoms. The van der Waals surface area contributed by atoms with Crippen molar-refractivity contribution in [2.45, 2.75) is 0 Å². The number of rotatable bonds is 1.